The summed E-state index contributed by atoms with van der Waals surface area (Å²) in [5.74, 6) is 0.306. The first-order valence-corrected chi connectivity index (χ1v) is 5.14. The minimum Gasteiger partial charge on any atom is -0.469 e. The number of rotatable bonds is 4. The van der Waals surface area contributed by atoms with Gasteiger partial charge in [0, 0.05) is 17.2 Å². The van der Waals surface area contributed by atoms with Gasteiger partial charge in [-0.1, -0.05) is 0 Å². The number of pyridine rings is 1. The second-order valence-electron chi connectivity index (χ2n) is 2.84. The maximum absolute atomic E-state index is 10.8. The number of nitrogens with one attached hydrogen (secondary N) is 1. The summed E-state index contributed by atoms with van der Waals surface area (Å²) in [6, 6.07) is 1.74. The number of esters is 1. The number of hydrogen-bond donors (Lipinski definition) is 2. The number of nitrogens with two attached hydrogens (primary N) is 1. The molecular weight excluding hydrogens is 262 g/mol. The fourth-order valence-corrected chi connectivity index (χ4v) is 1.34. The SMILES string of the molecule is COC(=O)CCNc1ncc(Br)cc1N. The van der Waals surface area contributed by atoms with Crippen LogP contribution >= 0.6 is 15.9 Å². The Balaban J connectivity index is 2.47. The molecule has 0 fully saturated rings. The van der Waals surface area contributed by atoms with Gasteiger partial charge in [0.05, 0.1) is 19.2 Å². The molecule has 1 aromatic rings. The van der Waals surface area contributed by atoms with Gasteiger partial charge in [-0.15, -0.1) is 0 Å². The van der Waals surface area contributed by atoms with E-state index < -0.39 is 0 Å². The predicted molar refractivity (Wildman–Crippen MR) is 61.5 cm³/mol. The van der Waals surface area contributed by atoms with Crippen molar-refractivity contribution in [3.05, 3.63) is 16.7 Å². The van der Waals surface area contributed by atoms with Crippen LogP contribution in [0.4, 0.5) is 11.5 Å². The molecule has 0 aliphatic carbocycles. The van der Waals surface area contributed by atoms with E-state index in [1.165, 1.54) is 7.11 Å². The number of methoxy groups -OCH3 is 1. The second kappa shape index (κ2) is 5.55. The molecule has 0 saturated heterocycles. The van der Waals surface area contributed by atoms with Gasteiger partial charge in [0.1, 0.15) is 5.82 Å². The highest BCUT2D eigenvalue weighted by molar-refractivity contribution is 9.10. The summed E-state index contributed by atoms with van der Waals surface area (Å²) in [6.45, 7) is 0.450. The number of anilines is 2. The van der Waals surface area contributed by atoms with Crippen molar-refractivity contribution in [1.29, 1.82) is 0 Å². The Morgan fingerprint density at radius 1 is 1.73 bits per heavy atom. The van der Waals surface area contributed by atoms with Crippen LogP contribution in [0.15, 0.2) is 16.7 Å². The number of hydrogen-bond acceptors (Lipinski definition) is 5. The molecule has 5 nitrogen and oxygen atoms in total. The zero-order valence-electron chi connectivity index (χ0n) is 8.29. The quantitative estimate of drug-likeness (QED) is 0.811. The summed E-state index contributed by atoms with van der Waals surface area (Å²) in [6.07, 6.45) is 1.92. The molecule has 0 amide bonds. The summed E-state index contributed by atoms with van der Waals surface area (Å²) in [4.78, 5) is 14.9. The third-order valence-corrected chi connectivity index (χ3v) is 2.17. The molecule has 6 heteroatoms. The fourth-order valence-electron chi connectivity index (χ4n) is 0.988. The first-order chi connectivity index (χ1) is 7.13. The van der Waals surface area contributed by atoms with Crippen molar-refractivity contribution in [3.8, 4) is 0 Å². The highest BCUT2D eigenvalue weighted by Crippen LogP contribution is 2.19. The van der Waals surface area contributed by atoms with Crippen LogP contribution in [-0.4, -0.2) is 24.6 Å². The van der Waals surface area contributed by atoms with Crippen LogP contribution in [0.3, 0.4) is 0 Å². The monoisotopic (exact) mass is 273 g/mol. The van der Waals surface area contributed by atoms with E-state index in [2.05, 4.69) is 31.0 Å². The zero-order chi connectivity index (χ0) is 11.3. The van der Waals surface area contributed by atoms with Crippen LogP contribution in [-0.2, 0) is 9.53 Å². The molecule has 3 N–H and O–H groups in total. The Morgan fingerprint density at radius 3 is 3.07 bits per heavy atom. The van der Waals surface area contributed by atoms with Crippen molar-refractivity contribution in [2.75, 3.05) is 24.7 Å². The van der Waals surface area contributed by atoms with Gasteiger partial charge >= 0.3 is 5.97 Å². The molecule has 0 unspecified atom stereocenters. The molecule has 0 spiro atoms. The number of nitrogen functional groups attached to an aromatic ring is 1. The Kier molecular flexibility index (Phi) is 4.36. The number of nitrogens with zero attached hydrogens (tertiary/aromatic N) is 1. The Bertz CT molecular complexity index is 357. The average Bonchev–Trinajstić information content (AvgIpc) is 2.21. The van der Waals surface area contributed by atoms with E-state index in [1.807, 2.05) is 0 Å². The summed E-state index contributed by atoms with van der Waals surface area (Å²) >= 11 is 3.25. The van der Waals surface area contributed by atoms with Crippen LogP contribution in [0.25, 0.3) is 0 Å². The molecule has 0 saturated carbocycles. The molecule has 0 bridgehead atoms. The normalized spacial score (nSPS) is 9.73. The standard InChI is InChI=1S/C9H12BrN3O2/c1-15-8(14)2-3-12-9-7(11)4-6(10)5-13-9/h4-5H,2-3,11H2,1H3,(H,12,13). The van der Waals surface area contributed by atoms with E-state index in [-0.39, 0.29) is 12.4 Å². The van der Waals surface area contributed by atoms with Gasteiger partial charge < -0.3 is 15.8 Å². The molecule has 0 aromatic carbocycles. The molecule has 15 heavy (non-hydrogen) atoms. The zero-order valence-corrected chi connectivity index (χ0v) is 9.87. The molecular formula is C9H12BrN3O2. The Hall–Kier alpha value is -1.30. The van der Waals surface area contributed by atoms with E-state index in [0.717, 1.165) is 4.47 Å². The number of ether oxygens (including phenoxy) is 1. The van der Waals surface area contributed by atoms with Gasteiger partial charge in [0.2, 0.25) is 0 Å². The maximum atomic E-state index is 10.8. The summed E-state index contributed by atoms with van der Waals surface area (Å²) in [7, 11) is 1.36. The Labute approximate surface area is 96.1 Å². The highest BCUT2D eigenvalue weighted by Gasteiger charge is 2.03. The molecule has 1 rings (SSSR count). The van der Waals surface area contributed by atoms with E-state index in [0.29, 0.717) is 18.1 Å². The topological polar surface area (TPSA) is 77.2 Å². The molecule has 82 valence electrons. The van der Waals surface area contributed by atoms with Gasteiger partial charge in [-0.25, -0.2) is 4.98 Å². The lowest BCUT2D eigenvalue weighted by molar-refractivity contribution is -0.140. The van der Waals surface area contributed by atoms with Gasteiger partial charge in [-0.2, -0.15) is 0 Å². The highest BCUT2D eigenvalue weighted by atomic mass is 79.9. The molecule has 1 heterocycles. The third-order valence-electron chi connectivity index (χ3n) is 1.73. The lowest BCUT2D eigenvalue weighted by Crippen LogP contribution is -2.11. The first kappa shape index (κ1) is 11.8. The smallest absolute Gasteiger partial charge is 0.307 e. The van der Waals surface area contributed by atoms with Crippen molar-refractivity contribution >= 4 is 33.4 Å². The minimum atomic E-state index is -0.266. The summed E-state index contributed by atoms with van der Waals surface area (Å²) < 4.78 is 5.32. The third kappa shape index (κ3) is 3.75. The van der Waals surface area contributed by atoms with E-state index >= 15 is 0 Å². The van der Waals surface area contributed by atoms with Gasteiger partial charge in [0.15, 0.2) is 0 Å². The molecule has 0 aliphatic heterocycles. The molecule has 1 aromatic heterocycles. The molecule has 0 aliphatic rings. The van der Waals surface area contributed by atoms with Gasteiger partial charge in [-0.3, -0.25) is 4.79 Å². The van der Waals surface area contributed by atoms with Crippen molar-refractivity contribution in [2.24, 2.45) is 0 Å². The number of aromatic nitrogens is 1. The number of halogens is 1. The van der Waals surface area contributed by atoms with Crippen LogP contribution in [0.2, 0.25) is 0 Å². The lowest BCUT2D eigenvalue weighted by Gasteiger charge is -2.07. The fraction of sp³-hybridized carbons (Fsp3) is 0.333. The Morgan fingerprint density at radius 2 is 2.47 bits per heavy atom. The average molecular weight is 274 g/mol. The first-order valence-electron chi connectivity index (χ1n) is 4.35. The summed E-state index contributed by atoms with van der Waals surface area (Å²) in [5.41, 5.74) is 6.24. The van der Waals surface area contributed by atoms with Crippen LogP contribution < -0.4 is 11.1 Å². The number of carbonyl (C=O) groups excluding carboxylic acids is 1. The van der Waals surface area contributed by atoms with Gasteiger partial charge in [-0.05, 0) is 22.0 Å². The van der Waals surface area contributed by atoms with Crippen LogP contribution in [0, 0.1) is 0 Å². The van der Waals surface area contributed by atoms with Crippen LogP contribution in [0.5, 0.6) is 0 Å². The second-order valence-corrected chi connectivity index (χ2v) is 3.76. The van der Waals surface area contributed by atoms with Crippen LogP contribution in [0.1, 0.15) is 6.42 Å². The largest absolute Gasteiger partial charge is 0.469 e. The number of carbonyl (C=O) groups is 1. The van der Waals surface area contributed by atoms with Gasteiger partial charge in [0.25, 0.3) is 0 Å². The van der Waals surface area contributed by atoms with Crippen molar-refractivity contribution in [2.45, 2.75) is 6.42 Å². The minimum absolute atomic E-state index is 0.266. The molecule has 0 atom stereocenters. The molecule has 0 radical (unpaired) electrons. The summed E-state index contributed by atoms with van der Waals surface area (Å²) in [5, 5.41) is 2.95. The van der Waals surface area contributed by atoms with Crippen molar-refractivity contribution in [3.63, 3.8) is 0 Å². The maximum Gasteiger partial charge on any atom is 0.307 e. The van der Waals surface area contributed by atoms with E-state index in [9.17, 15) is 4.79 Å². The lowest BCUT2D eigenvalue weighted by atomic mass is 10.3. The van der Waals surface area contributed by atoms with E-state index in [4.69, 9.17) is 5.73 Å². The van der Waals surface area contributed by atoms with Crippen molar-refractivity contribution < 1.29 is 9.53 Å². The predicted octanol–water partition coefficient (Wildman–Crippen LogP) is 1.40. The van der Waals surface area contributed by atoms with Crippen molar-refractivity contribution in [1.82, 2.24) is 4.98 Å². The van der Waals surface area contributed by atoms with E-state index in [1.54, 1.807) is 12.3 Å².